The molecule has 0 aromatic rings. The highest BCUT2D eigenvalue weighted by molar-refractivity contribution is 5.76. The zero-order chi connectivity index (χ0) is 31.5. The minimum atomic E-state index is -0.367. The van der Waals surface area contributed by atoms with E-state index in [1.807, 2.05) is 81.3 Å². The summed E-state index contributed by atoms with van der Waals surface area (Å²) in [6, 6.07) is 0. The van der Waals surface area contributed by atoms with Crippen molar-refractivity contribution in [1.82, 2.24) is 4.90 Å². The highest BCUT2D eigenvalue weighted by atomic mass is 16.6. The van der Waals surface area contributed by atoms with Crippen molar-refractivity contribution in [3.05, 3.63) is 0 Å². The molecular weight excluding hydrogens is 500 g/mol. The van der Waals surface area contributed by atoms with Crippen molar-refractivity contribution in [1.29, 1.82) is 0 Å². The first-order valence-electron chi connectivity index (χ1n) is 14.1. The van der Waals surface area contributed by atoms with Crippen molar-refractivity contribution in [3.63, 3.8) is 0 Å². The first-order chi connectivity index (χ1) is 17.6. The third kappa shape index (κ3) is 22.8. The largest absolute Gasteiger partial charge is 0.464 e. The van der Waals surface area contributed by atoms with Gasteiger partial charge in [-0.3, -0.25) is 14.4 Å². The van der Waals surface area contributed by atoms with Crippen LogP contribution >= 0.6 is 0 Å². The average Bonchev–Trinajstić information content (AvgIpc) is 2.83. The molecule has 0 bridgehead atoms. The van der Waals surface area contributed by atoms with Crippen LogP contribution in [-0.4, -0.2) is 109 Å². The van der Waals surface area contributed by atoms with Crippen LogP contribution < -0.4 is 0 Å². The lowest BCUT2D eigenvalue weighted by atomic mass is 9.91. The molecule has 234 valence electrons. The lowest BCUT2D eigenvalue weighted by molar-refractivity contribution is -0.870. The van der Waals surface area contributed by atoms with E-state index in [2.05, 4.69) is 21.1 Å². The molecule has 0 spiro atoms. The van der Waals surface area contributed by atoms with Crippen molar-refractivity contribution in [2.24, 2.45) is 16.2 Å². The van der Waals surface area contributed by atoms with Crippen LogP contribution in [0.5, 0.6) is 0 Å². The van der Waals surface area contributed by atoms with Gasteiger partial charge in [-0.2, -0.15) is 0 Å². The summed E-state index contributed by atoms with van der Waals surface area (Å²) in [6.45, 7) is 20.8. The van der Waals surface area contributed by atoms with Gasteiger partial charge in [-0.05, 0) is 74.9 Å². The van der Waals surface area contributed by atoms with Gasteiger partial charge in [-0.1, -0.05) is 20.8 Å². The van der Waals surface area contributed by atoms with Gasteiger partial charge in [-0.15, -0.1) is 0 Å². The fourth-order valence-corrected chi connectivity index (χ4v) is 1.97. The van der Waals surface area contributed by atoms with Crippen molar-refractivity contribution in [3.8, 4) is 0 Å². The summed E-state index contributed by atoms with van der Waals surface area (Å²) in [5.74, 6) is -0.340. The molecule has 0 radical (unpaired) electrons. The van der Waals surface area contributed by atoms with E-state index < -0.39 is 0 Å². The maximum absolute atomic E-state index is 11.6. The Labute approximate surface area is 240 Å². The van der Waals surface area contributed by atoms with Crippen LogP contribution in [0.4, 0.5) is 0 Å². The summed E-state index contributed by atoms with van der Waals surface area (Å²) >= 11 is 0. The highest BCUT2D eigenvalue weighted by Gasteiger charge is 2.28. The van der Waals surface area contributed by atoms with Gasteiger partial charge in [0.1, 0.15) is 26.4 Å². The van der Waals surface area contributed by atoms with Crippen LogP contribution in [0.1, 0.15) is 81.6 Å². The second-order valence-electron chi connectivity index (χ2n) is 12.9. The third-order valence-corrected chi connectivity index (χ3v) is 6.60. The molecule has 0 saturated carbocycles. The van der Waals surface area contributed by atoms with E-state index in [0.29, 0.717) is 26.4 Å². The Hall–Kier alpha value is -1.71. The van der Waals surface area contributed by atoms with Crippen LogP contribution in [0.25, 0.3) is 0 Å². The molecule has 9 nitrogen and oxygen atoms in total. The summed E-state index contributed by atoms with van der Waals surface area (Å²) in [6.07, 6.45) is 2.42. The number of ether oxygens (including phenoxy) is 4. The predicted octanol–water partition coefficient (Wildman–Crippen LogP) is 4.81. The second kappa shape index (κ2) is 20.2. The number of hydrogen-bond donors (Lipinski definition) is 0. The average molecular weight is 564 g/mol. The maximum Gasteiger partial charge on any atom is 0.311 e. The Bertz CT molecular complexity index is 681. The molecule has 0 aliphatic heterocycles. The third-order valence-electron chi connectivity index (χ3n) is 6.60. The molecule has 0 rings (SSSR count). The standard InChI is InChI=1S/C11H24NO2.C10H21NO2.C9H18O3/c1-7-11(2,3)10(13)14-9-8-12(4,5)6;1-6-10(2,3)9(12)13-8-7-11(4)5;1-5-9(2,3)8(10)12-7-6-11-4/h7-9H2,1-6H3;6-8H2,1-5H3;5-7H2,1-4H3/q+1;;. The summed E-state index contributed by atoms with van der Waals surface area (Å²) in [5, 5.41) is 0. The van der Waals surface area contributed by atoms with Crippen LogP contribution in [-0.2, 0) is 33.3 Å². The first kappa shape index (κ1) is 41.8. The molecule has 9 heteroatoms. The van der Waals surface area contributed by atoms with Crippen molar-refractivity contribution < 1.29 is 37.8 Å². The van der Waals surface area contributed by atoms with Crippen LogP contribution in [0, 0.1) is 16.2 Å². The molecule has 0 aliphatic rings. The molecule has 0 amide bonds. The first-order valence-corrected chi connectivity index (χ1v) is 14.1. The number of nitrogens with zero attached hydrogens (tertiary/aromatic N) is 2. The number of rotatable bonds is 15. The molecule has 0 aromatic carbocycles. The van der Waals surface area contributed by atoms with Gasteiger partial charge < -0.3 is 28.3 Å². The van der Waals surface area contributed by atoms with E-state index in [1.54, 1.807) is 7.11 Å². The summed E-state index contributed by atoms with van der Waals surface area (Å²) in [5.41, 5.74) is -1.05. The Morgan fingerprint density at radius 2 is 0.949 bits per heavy atom. The molecule has 0 saturated heterocycles. The molecule has 0 fully saturated rings. The minimum absolute atomic E-state index is 0.0894. The number of likely N-dealkylation sites (N-methyl/N-ethyl adjacent to an activating group) is 2. The van der Waals surface area contributed by atoms with E-state index >= 15 is 0 Å². The Balaban J connectivity index is -0.000000500. The number of methoxy groups -OCH3 is 1. The van der Waals surface area contributed by atoms with Crippen LogP contribution in [0.15, 0.2) is 0 Å². The zero-order valence-corrected chi connectivity index (χ0v) is 28.1. The minimum Gasteiger partial charge on any atom is -0.464 e. The molecule has 0 heterocycles. The Kier molecular flexibility index (Phi) is 21.6. The van der Waals surface area contributed by atoms with Crippen molar-refractivity contribution in [2.45, 2.75) is 81.6 Å². The topological polar surface area (TPSA) is 91.4 Å². The molecule has 0 N–H and O–H groups in total. The second-order valence-corrected chi connectivity index (χ2v) is 12.9. The Morgan fingerprint density at radius 3 is 1.23 bits per heavy atom. The Morgan fingerprint density at radius 1 is 0.615 bits per heavy atom. The van der Waals surface area contributed by atoms with Gasteiger partial charge >= 0.3 is 17.9 Å². The maximum atomic E-state index is 11.6. The lowest BCUT2D eigenvalue weighted by Crippen LogP contribution is -2.39. The van der Waals surface area contributed by atoms with Gasteiger partial charge in [-0.25, -0.2) is 0 Å². The van der Waals surface area contributed by atoms with E-state index in [4.69, 9.17) is 18.9 Å². The van der Waals surface area contributed by atoms with E-state index in [-0.39, 0.29) is 34.2 Å². The fourth-order valence-electron chi connectivity index (χ4n) is 1.97. The molecule has 0 aliphatic carbocycles. The van der Waals surface area contributed by atoms with E-state index in [0.717, 1.165) is 36.8 Å². The van der Waals surface area contributed by atoms with Gasteiger partial charge in [0.25, 0.3) is 0 Å². The SMILES string of the molecule is CCC(C)(C)C(=O)OCCN(C)C.CCC(C)(C)C(=O)OCCOC.CCC(C)(C)C(=O)OCC[N+](C)(C)C. The summed E-state index contributed by atoms with van der Waals surface area (Å²) in [4.78, 5) is 36.3. The molecular formula is C30H63N2O7+. The number of hydrogen-bond acceptors (Lipinski definition) is 8. The van der Waals surface area contributed by atoms with Gasteiger partial charge in [0, 0.05) is 13.7 Å². The van der Waals surface area contributed by atoms with Crippen LogP contribution in [0.2, 0.25) is 0 Å². The smallest absolute Gasteiger partial charge is 0.311 e. The number of esters is 3. The molecule has 39 heavy (non-hydrogen) atoms. The number of quaternary nitrogens is 1. The molecule has 0 atom stereocenters. The zero-order valence-electron chi connectivity index (χ0n) is 28.1. The van der Waals surface area contributed by atoms with Gasteiger partial charge in [0.2, 0.25) is 0 Å². The van der Waals surface area contributed by atoms with Crippen molar-refractivity contribution in [2.75, 3.05) is 81.9 Å². The number of carbonyl (C=O) groups excluding carboxylic acids is 3. The quantitative estimate of drug-likeness (QED) is 0.121. The summed E-state index contributed by atoms with van der Waals surface area (Å²) < 4.78 is 20.9. The van der Waals surface area contributed by atoms with Crippen LogP contribution in [0.3, 0.4) is 0 Å². The monoisotopic (exact) mass is 563 g/mol. The van der Waals surface area contributed by atoms with Gasteiger partial charge in [0.05, 0.1) is 44.0 Å². The highest BCUT2D eigenvalue weighted by Crippen LogP contribution is 2.22. The fraction of sp³-hybridized carbons (Fsp3) is 0.900. The number of carbonyl (C=O) groups is 3. The van der Waals surface area contributed by atoms with Gasteiger partial charge in [0.15, 0.2) is 0 Å². The summed E-state index contributed by atoms with van der Waals surface area (Å²) in [7, 11) is 11.7. The normalized spacial score (nSPS) is 12.0. The predicted molar refractivity (Wildman–Crippen MR) is 158 cm³/mol. The molecule has 0 aromatic heterocycles. The van der Waals surface area contributed by atoms with Crippen molar-refractivity contribution >= 4 is 17.9 Å². The van der Waals surface area contributed by atoms with E-state index in [9.17, 15) is 14.4 Å². The van der Waals surface area contributed by atoms with E-state index in [1.165, 1.54) is 0 Å². The lowest BCUT2D eigenvalue weighted by Gasteiger charge is -2.25. The molecule has 0 unspecified atom stereocenters.